The quantitative estimate of drug-likeness (QED) is 0.913. The third-order valence-electron chi connectivity index (χ3n) is 4.71. The molecule has 2 aromatic rings. The second-order valence-corrected chi connectivity index (χ2v) is 6.74. The highest BCUT2D eigenvalue weighted by molar-refractivity contribution is 5.99. The van der Waals surface area contributed by atoms with Crippen LogP contribution >= 0.6 is 0 Å². The number of likely N-dealkylation sites (tertiary alicyclic amines) is 1. The first kappa shape index (κ1) is 17.9. The van der Waals surface area contributed by atoms with E-state index in [-0.39, 0.29) is 12.5 Å². The van der Waals surface area contributed by atoms with Crippen LogP contribution < -0.4 is 5.32 Å². The number of pyridine rings is 1. The Hall–Kier alpha value is -2.89. The van der Waals surface area contributed by atoms with E-state index in [2.05, 4.69) is 10.3 Å². The molecule has 2 amide bonds. The van der Waals surface area contributed by atoms with Crippen molar-refractivity contribution in [2.24, 2.45) is 0 Å². The van der Waals surface area contributed by atoms with Gasteiger partial charge in [-0.3, -0.25) is 9.69 Å². The van der Waals surface area contributed by atoms with Gasteiger partial charge in [0.05, 0.1) is 0 Å². The molecular weight excluding hydrogens is 330 g/mol. The van der Waals surface area contributed by atoms with Gasteiger partial charge in [0.25, 0.3) is 5.91 Å². The second kappa shape index (κ2) is 7.56. The summed E-state index contributed by atoms with van der Waals surface area (Å²) in [7, 11) is 0. The van der Waals surface area contributed by atoms with Crippen LogP contribution in [0.15, 0.2) is 48.7 Å². The van der Waals surface area contributed by atoms with Crippen molar-refractivity contribution in [1.29, 1.82) is 0 Å². The summed E-state index contributed by atoms with van der Waals surface area (Å²) in [5, 5.41) is 2.81. The molecule has 2 heterocycles. The van der Waals surface area contributed by atoms with Crippen LogP contribution in [-0.4, -0.2) is 34.0 Å². The third-order valence-corrected chi connectivity index (χ3v) is 4.71. The fourth-order valence-corrected chi connectivity index (χ4v) is 3.08. The van der Waals surface area contributed by atoms with E-state index in [1.54, 1.807) is 19.2 Å². The Morgan fingerprint density at radius 1 is 1.23 bits per heavy atom. The summed E-state index contributed by atoms with van der Waals surface area (Å²) in [6.45, 7) is 4.39. The van der Waals surface area contributed by atoms with Crippen LogP contribution in [0.5, 0.6) is 0 Å². The number of nitrogens with one attached hydrogen (secondary N) is 1. The number of aromatic nitrogens is 1. The topological polar surface area (TPSA) is 71.5 Å². The highest BCUT2D eigenvalue weighted by Gasteiger charge is 2.46. The minimum Gasteiger partial charge on any atom is -0.445 e. The lowest BCUT2D eigenvalue weighted by Gasteiger charge is -2.32. The van der Waals surface area contributed by atoms with E-state index in [4.69, 9.17) is 4.74 Å². The molecule has 136 valence electrons. The van der Waals surface area contributed by atoms with E-state index in [0.29, 0.717) is 18.8 Å². The van der Waals surface area contributed by atoms with Crippen LogP contribution in [0.3, 0.4) is 0 Å². The highest BCUT2D eigenvalue weighted by Crippen LogP contribution is 2.31. The molecule has 1 aromatic heterocycles. The zero-order chi connectivity index (χ0) is 18.6. The minimum absolute atomic E-state index is 0.188. The molecule has 1 saturated heterocycles. The summed E-state index contributed by atoms with van der Waals surface area (Å²) in [6.07, 6.45) is 2.57. The molecule has 6 nitrogen and oxygen atoms in total. The van der Waals surface area contributed by atoms with Gasteiger partial charge in [0.1, 0.15) is 18.0 Å². The first-order valence-electron chi connectivity index (χ1n) is 8.71. The van der Waals surface area contributed by atoms with E-state index in [1.807, 2.05) is 43.3 Å². The first-order chi connectivity index (χ1) is 12.5. The van der Waals surface area contributed by atoms with Crippen molar-refractivity contribution in [1.82, 2.24) is 9.88 Å². The van der Waals surface area contributed by atoms with Gasteiger partial charge >= 0.3 is 6.09 Å². The van der Waals surface area contributed by atoms with Crippen molar-refractivity contribution < 1.29 is 14.3 Å². The smallest absolute Gasteiger partial charge is 0.410 e. The van der Waals surface area contributed by atoms with Gasteiger partial charge in [0, 0.05) is 12.7 Å². The normalized spacial score (nSPS) is 19.2. The van der Waals surface area contributed by atoms with Crippen molar-refractivity contribution in [2.45, 2.75) is 38.8 Å². The Morgan fingerprint density at radius 2 is 2.00 bits per heavy atom. The van der Waals surface area contributed by atoms with Gasteiger partial charge in [0.2, 0.25) is 0 Å². The van der Waals surface area contributed by atoms with E-state index >= 15 is 0 Å². The van der Waals surface area contributed by atoms with Crippen LogP contribution in [0, 0.1) is 6.92 Å². The maximum absolute atomic E-state index is 12.8. The predicted octanol–water partition coefficient (Wildman–Crippen LogP) is 3.52. The molecule has 1 aliphatic rings. The van der Waals surface area contributed by atoms with Gasteiger partial charge in [-0.2, -0.15) is 0 Å². The lowest BCUT2D eigenvalue weighted by molar-refractivity contribution is -0.125. The van der Waals surface area contributed by atoms with Crippen molar-refractivity contribution in [3.05, 3.63) is 59.8 Å². The van der Waals surface area contributed by atoms with Crippen molar-refractivity contribution in [2.75, 3.05) is 11.9 Å². The zero-order valence-corrected chi connectivity index (χ0v) is 15.1. The molecule has 1 aliphatic heterocycles. The number of carbonyl (C=O) groups is 2. The molecule has 0 radical (unpaired) electrons. The Labute approximate surface area is 153 Å². The van der Waals surface area contributed by atoms with Gasteiger partial charge in [0.15, 0.2) is 0 Å². The average molecular weight is 353 g/mol. The van der Waals surface area contributed by atoms with Crippen LogP contribution in [-0.2, 0) is 16.1 Å². The number of rotatable bonds is 4. The summed E-state index contributed by atoms with van der Waals surface area (Å²) in [5.41, 5.74) is 0.983. The molecule has 1 aromatic carbocycles. The Bertz CT molecular complexity index is 777. The lowest BCUT2D eigenvalue weighted by atomic mass is 9.98. The van der Waals surface area contributed by atoms with E-state index in [9.17, 15) is 9.59 Å². The van der Waals surface area contributed by atoms with Crippen LogP contribution in [0.25, 0.3) is 0 Å². The summed E-state index contributed by atoms with van der Waals surface area (Å²) in [6, 6.07) is 13.1. The summed E-state index contributed by atoms with van der Waals surface area (Å²) < 4.78 is 5.41. The van der Waals surface area contributed by atoms with Gasteiger partial charge in [-0.05, 0) is 43.9 Å². The minimum atomic E-state index is -0.944. The predicted molar refractivity (Wildman–Crippen MR) is 98.6 cm³/mol. The molecule has 0 spiro atoms. The number of aryl methyl sites for hydroxylation is 1. The maximum atomic E-state index is 12.8. The molecule has 26 heavy (non-hydrogen) atoms. The van der Waals surface area contributed by atoms with Crippen molar-refractivity contribution in [3.8, 4) is 0 Å². The zero-order valence-electron chi connectivity index (χ0n) is 15.1. The summed E-state index contributed by atoms with van der Waals surface area (Å²) >= 11 is 0. The molecule has 0 saturated carbocycles. The molecule has 0 aliphatic carbocycles. The summed E-state index contributed by atoms with van der Waals surface area (Å²) in [4.78, 5) is 31.1. The Balaban J connectivity index is 1.65. The van der Waals surface area contributed by atoms with Crippen LogP contribution in [0.1, 0.15) is 30.9 Å². The second-order valence-electron chi connectivity index (χ2n) is 6.74. The third kappa shape index (κ3) is 3.85. The molecular formula is C20H23N3O3. The van der Waals surface area contributed by atoms with Gasteiger partial charge < -0.3 is 10.1 Å². The van der Waals surface area contributed by atoms with Gasteiger partial charge in [-0.25, -0.2) is 9.78 Å². The fraction of sp³-hybridized carbons (Fsp3) is 0.350. The Morgan fingerprint density at radius 3 is 2.69 bits per heavy atom. The highest BCUT2D eigenvalue weighted by atomic mass is 16.6. The number of nitrogens with zero attached hydrogens (tertiary/aromatic N) is 2. The SMILES string of the molecule is Cc1ccc(NC(=O)C2(C)CCCN2C(=O)OCc2ccccc2)nc1. The average Bonchev–Trinajstić information content (AvgIpc) is 3.05. The van der Waals surface area contributed by atoms with Crippen LogP contribution in [0.4, 0.5) is 10.6 Å². The van der Waals surface area contributed by atoms with Gasteiger partial charge in [-0.15, -0.1) is 0 Å². The largest absolute Gasteiger partial charge is 0.445 e. The van der Waals surface area contributed by atoms with E-state index < -0.39 is 11.6 Å². The molecule has 6 heteroatoms. The van der Waals surface area contributed by atoms with Gasteiger partial charge in [-0.1, -0.05) is 36.4 Å². The molecule has 1 atom stereocenters. The fourth-order valence-electron chi connectivity index (χ4n) is 3.08. The molecule has 0 bridgehead atoms. The first-order valence-corrected chi connectivity index (χ1v) is 8.71. The number of ether oxygens (including phenoxy) is 1. The number of carbonyl (C=O) groups excluding carboxylic acids is 2. The number of benzene rings is 1. The molecule has 1 unspecified atom stereocenters. The standard InChI is InChI=1S/C20H23N3O3/c1-15-9-10-17(21-13-15)22-18(24)20(2)11-6-12-23(20)19(25)26-14-16-7-4-3-5-8-16/h3-5,7-10,13H,6,11-12,14H2,1-2H3,(H,21,22,24). The van der Waals surface area contributed by atoms with E-state index in [0.717, 1.165) is 17.5 Å². The molecule has 1 fully saturated rings. The maximum Gasteiger partial charge on any atom is 0.410 e. The van der Waals surface area contributed by atoms with Crippen molar-refractivity contribution in [3.63, 3.8) is 0 Å². The van der Waals surface area contributed by atoms with Crippen molar-refractivity contribution >= 4 is 17.8 Å². The number of amides is 2. The lowest BCUT2D eigenvalue weighted by Crippen LogP contribution is -2.53. The molecule has 3 rings (SSSR count). The monoisotopic (exact) mass is 353 g/mol. The number of anilines is 1. The number of hydrogen-bond donors (Lipinski definition) is 1. The van der Waals surface area contributed by atoms with Crippen LogP contribution in [0.2, 0.25) is 0 Å². The number of hydrogen-bond acceptors (Lipinski definition) is 4. The Kier molecular flexibility index (Phi) is 5.21. The summed E-state index contributed by atoms with van der Waals surface area (Å²) in [5.74, 6) is 0.231. The van der Waals surface area contributed by atoms with E-state index in [1.165, 1.54) is 4.90 Å². The molecule has 1 N–H and O–H groups in total.